The summed E-state index contributed by atoms with van der Waals surface area (Å²) in [5.74, 6) is 0.427. The molecule has 0 aliphatic heterocycles. The third kappa shape index (κ3) is 4.04. The Morgan fingerprint density at radius 1 is 1.20 bits per heavy atom. The lowest BCUT2D eigenvalue weighted by molar-refractivity contribution is 0.222. The summed E-state index contributed by atoms with van der Waals surface area (Å²) in [6.07, 6.45) is -0.0396. The number of halogens is 2. The van der Waals surface area contributed by atoms with E-state index in [4.69, 9.17) is 10.5 Å². The van der Waals surface area contributed by atoms with Gasteiger partial charge in [0.05, 0.1) is 11.8 Å². The molecule has 0 aliphatic carbocycles. The number of ether oxygens (including phenoxy) is 1. The Morgan fingerprint density at radius 2 is 1.95 bits per heavy atom. The SMILES string of the molecule is CC(C)Oc1nc(N)nc(Nc2cc(Br)ccc2Br)n1. The third-order valence-corrected chi connectivity index (χ3v) is 3.33. The van der Waals surface area contributed by atoms with Crippen LogP contribution < -0.4 is 15.8 Å². The molecule has 0 saturated carbocycles. The summed E-state index contributed by atoms with van der Waals surface area (Å²) in [4.78, 5) is 12.1. The van der Waals surface area contributed by atoms with E-state index in [1.165, 1.54) is 0 Å². The Hall–Kier alpha value is -1.41. The molecule has 0 aliphatic rings. The zero-order valence-corrected chi connectivity index (χ0v) is 14.1. The van der Waals surface area contributed by atoms with Crippen LogP contribution in [0.3, 0.4) is 0 Å². The summed E-state index contributed by atoms with van der Waals surface area (Å²) in [7, 11) is 0. The first kappa shape index (κ1) is 15.0. The van der Waals surface area contributed by atoms with Crippen molar-refractivity contribution < 1.29 is 4.74 Å². The highest BCUT2D eigenvalue weighted by Gasteiger charge is 2.09. The number of nitrogens with zero attached hydrogens (tertiary/aromatic N) is 3. The number of hydrogen-bond acceptors (Lipinski definition) is 6. The zero-order valence-electron chi connectivity index (χ0n) is 10.9. The molecule has 0 fully saturated rings. The average molecular weight is 403 g/mol. The fourth-order valence-corrected chi connectivity index (χ4v) is 2.11. The van der Waals surface area contributed by atoms with E-state index >= 15 is 0 Å². The lowest BCUT2D eigenvalue weighted by Gasteiger charge is -2.11. The molecule has 2 rings (SSSR count). The molecule has 1 aromatic carbocycles. The van der Waals surface area contributed by atoms with Crippen LogP contribution in [-0.4, -0.2) is 21.1 Å². The molecule has 8 heteroatoms. The predicted octanol–water partition coefficient (Wildman–Crippen LogP) is 3.51. The van der Waals surface area contributed by atoms with Gasteiger partial charge in [-0.2, -0.15) is 15.0 Å². The standard InChI is InChI=1S/C12H13Br2N5O/c1-6(2)20-12-18-10(15)17-11(19-12)16-9-5-7(13)3-4-8(9)14/h3-6H,1-2H3,(H3,15,16,17,18,19). The van der Waals surface area contributed by atoms with Gasteiger partial charge in [-0.25, -0.2) is 0 Å². The highest BCUT2D eigenvalue weighted by atomic mass is 79.9. The van der Waals surface area contributed by atoms with Crippen molar-refractivity contribution in [1.82, 2.24) is 15.0 Å². The molecule has 0 unspecified atom stereocenters. The second-order valence-corrected chi connectivity index (χ2v) is 5.99. The highest BCUT2D eigenvalue weighted by molar-refractivity contribution is 9.11. The topological polar surface area (TPSA) is 86.0 Å². The number of benzene rings is 1. The van der Waals surface area contributed by atoms with Crippen LogP contribution in [0.5, 0.6) is 6.01 Å². The van der Waals surface area contributed by atoms with Gasteiger partial charge in [0.25, 0.3) is 0 Å². The van der Waals surface area contributed by atoms with Crippen molar-refractivity contribution in [2.45, 2.75) is 20.0 Å². The smallest absolute Gasteiger partial charge is 0.323 e. The summed E-state index contributed by atoms with van der Waals surface area (Å²) in [5.41, 5.74) is 6.46. The largest absolute Gasteiger partial charge is 0.461 e. The predicted molar refractivity (Wildman–Crippen MR) is 85.1 cm³/mol. The van der Waals surface area contributed by atoms with Crippen LogP contribution in [0.1, 0.15) is 13.8 Å². The van der Waals surface area contributed by atoms with E-state index < -0.39 is 0 Å². The molecule has 0 radical (unpaired) electrons. The van der Waals surface area contributed by atoms with Gasteiger partial charge in [0.2, 0.25) is 11.9 Å². The van der Waals surface area contributed by atoms with Gasteiger partial charge in [-0.15, -0.1) is 0 Å². The molecule has 0 spiro atoms. The van der Waals surface area contributed by atoms with Crippen LogP contribution in [0.2, 0.25) is 0 Å². The molecule has 2 aromatic rings. The number of anilines is 3. The van der Waals surface area contributed by atoms with Crippen LogP contribution in [0.25, 0.3) is 0 Å². The van der Waals surface area contributed by atoms with E-state index in [0.717, 1.165) is 14.6 Å². The van der Waals surface area contributed by atoms with E-state index in [2.05, 4.69) is 52.1 Å². The van der Waals surface area contributed by atoms with Crippen molar-refractivity contribution in [3.63, 3.8) is 0 Å². The van der Waals surface area contributed by atoms with Gasteiger partial charge in [0, 0.05) is 8.95 Å². The quantitative estimate of drug-likeness (QED) is 0.813. The second kappa shape index (κ2) is 6.36. The fourth-order valence-electron chi connectivity index (χ4n) is 1.41. The minimum absolute atomic E-state index is 0.0396. The van der Waals surface area contributed by atoms with Crippen molar-refractivity contribution >= 4 is 49.4 Å². The first-order valence-electron chi connectivity index (χ1n) is 5.84. The number of aromatic nitrogens is 3. The lowest BCUT2D eigenvalue weighted by atomic mass is 10.3. The maximum Gasteiger partial charge on any atom is 0.323 e. The Labute approximate surface area is 133 Å². The lowest BCUT2D eigenvalue weighted by Crippen LogP contribution is -2.11. The van der Waals surface area contributed by atoms with Crippen LogP contribution in [0.4, 0.5) is 17.6 Å². The van der Waals surface area contributed by atoms with Gasteiger partial charge in [0.1, 0.15) is 0 Å². The summed E-state index contributed by atoms with van der Waals surface area (Å²) in [5, 5.41) is 3.07. The van der Waals surface area contributed by atoms with E-state index in [9.17, 15) is 0 Å². The summed E-state index contributed by atoms with van der Waals surface area (Å²) in [6, 6.07) is 5.92. The Morgan fingerprint density at radius 3 is 2.65 bits per heavy atom. The molecule has 0 bridgehead atoms. The van der Waals surface area contributed by atoms with Gasteiger partial charge in [-0.1, -0.05) is 15.9 Å². The Kier molecular flexibility index (Phi) is 4.77. The number of nitrogen functional groups attached to an aromatic ring is 1. The van der Waals surface area contributed by atoms with Gasteiger partial charge in [-0.05, 0) is 48.0 Å². The second-order valence-electron chi connectivity index (χ2n) is 4.22. The molecule has 0 saturated heterocycles. The molecule has 20 heavy (non-hydrogen) atoms. The Balaban J connectivity index is 2.28. The molecular weight excluding hydrogens is 390 g/mol. The normalized spacial score (nSPS) is 10.7. The van der Waals surface area contributed by atoms with E-state index in [0.29, 0.717) is 5.95 Å². The van der Waals surface area contributed by atoms with E-state index in [1.807, 2.05) is 32.0 Å². The first-order valence-corrected chi connectivity index (χ1v) is 7.43. The van der Waals surface area contributed by atoms with E-state index in [1.54, 1.807) is 0 Å². The van der Waals surface area contributed by atoms with Crippen molar-refractivity contribution in [2.24, 2.45) is 0 Å². The molecule has 0 atom stereocenters. The fraction of sp³-hybridized carbons (Fsp3) is 0.250. The van der Waals surface area contributed by atoms with Crippen LogP contribution >= 0.6 is 31.9 Å². The molecular formula is C12H13Br2N5O. The van der Waals surface area contributed by atoms with Crippen molar-refractivity contribution in [2.75, 3.05) is 11.1 Å². The average Bonchev–Trinajstić information content (AvgIpc) is 2.32. The number of rotatable bonds is 4. The van der Waals surface area contributed by atoms with Gasteiger partial charge in [-0.3, -0.25) is 0 Å². The Bertz CT molecular complexity index is 621. The molecule has 1 aromatic heterocycles. The molecule has 6 nitrogen and oxygen atoms in total. The van der Waals surface area contributed by atoms with E-state index in [-0.39, 0.29) is 18.1 Å². The zero-order chi connectivity index (χ0) is 14.7. The maximum absolute atomic E-state index is 5.65. The minimum Gasteiger partial charge on any atom is -0.461 e. The van der Waals surface area contributed by atoms with Crippen LogP contribution in [0.15, 0.2) is 27.1 Å². The van der Waals surface area contributed by atoms with Crippen LogP contribution in [-0.2, 0) is 0 Å². The number of hydrogen-bond donors (Lipinski definition) is 2. The molecule has 106 valence electrons. The van der Waals surface area contributed by atoms with Gasteiger partial charge >= 0.3 is 6.01 Å². The highest BCUT2D eigenvalue weighted by Crippen LogP contribution is 2.28. The third-order valence-electron chi connectivity index (χ3n) is 2.15. The molecule has 1 heterocycles. The van der Waals surface area contributed by atoms with Crippen molar-refractivity contribution in [1.29, 1.82) is 0 Å². The van der Waals surface area contributed by atoms with Gasteiger partial charge in [0.15, 0.2) is 0 Å². The van der Waals surface area contributed by atoms with Crippen LogP contribution in [0, 0.1) is 0 Å². The molecule has 3 N–H and O–H groups in total. The van der Waals surface area contributed by atoms with Gasteiger partial charge < -0.3 is 15.8 Å². The summed E-state index contributed by atoms with van der Waals surface area (Å²) >= 11 is 6.86. The maximum atomic E-state index is 5.65. The first-order chi connectivity index (χ1) is 9.44. The van der Waals surface area contributed by atoms with Crippen molar-refractivity contribution in [3.05, 3.63) is 27.1 Å². The summed E-state index contributed by atoms with van der Waals surface area (Å²) < 4.78 is 7.24. The minimum atomic E-state index is -0.0396. The number of nitrogens with one attached hydrogen (secondary N) is 1. The molecule has 0 amide bonds. The monoisotopic (exact) mass is 401 g/mol. The van der Waals surface area contributed by atoms with Crippen molar-refractivity contribution in [3.8, 4) is 6.01 Å². The summed E-state index contributed by atoms with van der Waals surface area (Å²) in [6.45, 7) is 3.77. The number of nitrogens with two attached hydrogens (primary N) is 1.